The van der Waals surface area contributed by atoms with Crippen molar-refractivity contribution in [3.63, 3.8) is 0 Å². The normalized spacial score (nSPS) is 15.6. The van der Waals surface area contributed by atoms with Gasteiger partial charge in [-0.1, -0.05) is 30.7 Å². The number of rotatable bonds is 6. The Balaban J connectivity index is 1.41. The highest BCUT2D eigenvalue weighted by molar-refractivity contribution is 8.00. The molecule has 2 N–H and O–H groups in total. The number of thioether (sulfide) groups is 1. The van der Waals surface area contributed by atoms with Gasteiger partial charge in [0, 0.05) is 21.0 Å². The maximum Gasteiger partial charge on any atom is 0.255 e. The first-order valence-electron chi connectivity index (χ1n) is 11.3. The van der Waals surface area contributed by atoms with Gasteiger partial charge in [-0.25, -0.2) is 0 Å². The molecule has 0 spiro atoms. The average Bonchev–Trinajstić information content (AvgIpc) is 3.15. The Morgan fingerprint density at radius 1 is 1.18 bits per heavy atom. The highest BCUT2D eigenvalue weighted by Gasteiger charge is 2.26. The lowest BCUT2D eigenvalue weighted by atomic mass is 9.89. The van der Waals surface area contributed by atoms with Crippen molar-refractivity contribution >= 4 is 45.6 Å². The third-order valence-corrected chi connectivity index (χ3v) is 8.18. The van der Waals surface area contributed by atoms with Gasteiger partial charge in [0.05, 0.1) is 10.8 Å². The van der Waals surface area contributed by atoms with E-state index in [0.29, 0.717) is 27.7 Å². The second kappa shape index (κ2) is 10.5. The van der Waals surface area contributed by atoms with Crippen LogP contribution in [0.25, 0.3) is 0 Å². The molecule has 3 aromatic rings. The summed E-state index contributed by atoms with van der Waals surface area (Å²) in [6, 6.07) is 17.2. The minimum atomic E-state index is -0.368. The van der Waals surface area contributed by atoms with Gasteiger partial charge in [0.2, 0.25) is 5.91 Å². The van der Waals surface area contributed by atoms with Crippen molar-refractivity contribution in [1.82, 2.24) is 0 Å². The molecule has 0 radical (unpaired) electrons. The first-order valence-corrected chi connectivity index (χ1v) is 13.0. The van der Waals surface area contributed by atoms with Gasteiger partial charge in [-0.3, -0.25) is 9.59 Å². The number of amides is 2. The molecule has 0 aliphatic heterocycles. The molecule has 2 amide bonds. The maximum absolute atomic E-state index is 12.9. The lowest BCUT2D eigenvalue weighted by molar-refractivity contribution is -0.115. The van der Waals surface area contributed by atoms with E-state index >= 15 is 0 Å². The van der Waals surface area contributed by atoms with Crippen molar-refractivity contribution in [3.05, 3.63) is 75.7 Å². The SMILES string of the molecule is Cc1cccc(C(=O)Nc2cccc(SC(C)C(=O)Nc3sc4c(c3C#N)CCC(C)C4)c2)c1. The lowest BCUT2D eigenvalue weighted by Crippen LogP contribution is -2.22. The minimum absolute atomic E-state index is 0.137. The van der Waals surface area contributed by atoms with Gasteiger partial charge in [0.15, 0.2) is 0 Å². The molecule has 2 unspecified atom stereocenters. The van der Waals surface area contributed by atoms with E-state index < -0.39 is 0 Å². The molecule has 0 saturated heterocycles. The predicted octanol–water partition coefficient (Wildman–Crippen LogP) is 6.42. The molecule has 1 heterocycles. The predicted molar refractivity (Wildman–Crippen MR) is 140 cm³/mol. The second-order valence-corrected chi connectivity index (χ2v) is 11.3. The van der Waals surface area contributed by atoms with Gasteiger partial charge in [-0.05, 0) is 74.9 Å². The number of nitrogens with one attached hydrogen (secondary N) is 2. The van der Waals surface area contributed by atoms with Gasteiger partial charge >= 0.3 is 0 Å². The van der Waals surface area contributed by atoms with Crippen molar-refractivity contribution in [2.75, 3.05) is 10.6 Å². The average molecular weight is 490 g/mol. The Hall–Kier alpha value is -3.08. The summed E-state index contributed by atoms with van der Waals surface area (Å²) < 4.78 is 0. The van der Waals surface area contributed by atoms with E-state index in [1.807, 2.05) is 56.3 Å². The van der Waals surface area contributed by atoms with E-state index in [-0.39, 0.29) is 17.1 Å². The van der Waals surface area contributed by atoms with Crippen molar-refractivity contribution in [1.29, 1.82) is 5.26 Å². The van der Waals surface area contributed by atoms with Crippen LogP contribution in [-0.2, 0) is 17.6 Å². The second-order valence-electron chi connectivity index (χ2n) is 8.77. The molecule has 34 heavy (non-hydrogen) atoms. The van der Waals surface area contributed by atoms with Gasteiger partial charge < -0.3 is 10.6 Å². The fourth-order valence-electron chi connectivity index (χ4n) is 4.07. The number of benzene rings is 2. The summed E-state index contributed by atoms with van der Waals surface area (Å²) in [5.74, 6) is 0.299. The summed E-state index contributed by atoms with van der Waals surface area (Å²) in [6.07, 6.45) is 2.95. The van der Waals surface area contributed by atoms with Crippen molar-refractivity contribution in [3.8, 4) is 6.07 Å². The number of nitriles is 1. The van der Waals surface area contributed by atoms with Crippen LogP contribution in [0, 0.1) is 24.2 Å². The Kier molecular flexibility index (Phi) is 7.40. The zero-order chi connectivity index (χ0) is 24.2. The zero-order valence-corrected chi connectivity index (χ0v) is 21.1. The van der Waals surface area contributed by atoms with Crippen LogP contribution in [0.2, 0.25) is 0 Å². The van der Waals surface area contributed by atoms with Crippen molar-refractivity contribution in [2.45, 2.75) is 50.2 Å². The number of carbonyl (C=O) groups excluding carboxylic acids is 2. The van der Waals surface area contributed by atoms with E-state index in [1.54, 1.807) is 6.07 Å². The number of aryl methyl sites for hydroxylation is 1. The highest BCUT2D eigenvalue weighted by Crippen LogP contribution is 2.39. The van der Waals surface area contributed by atoms with Crippen LogP contribution in [0.1, 0.15) is 52.2 Å². The summed E-state index contributed by atoms with van der Waals surface area (Å²) in [4.78, 5) is 27.6. The molecule has 0 saturated carbocycles. The van der Waals surface area contributed by atoms with E-state index in [9.17, 15) is 14.9 Å². The number of thiophene rings is 1. The van der Waals surface area contributed by atoms with Crippen molar-refractivity contribution < 1.29 is 9.59 Å². The van der Waals surface area contributed by atoms with E-state index in [4.69, 9.17) is 0 Å². The lowest BCUT2D eigenvalue weighted by Gasteiger charge is -2.17. The first-order chi connectivity index (χ1) is 16.3. The Bertz CT molecular complexity index is 1280. The topological polar surface area (TPSA) is 82.0 Å². The van der Waals surface area contributed by atoms with Crippen LogP contribution in [0.15, 0.2) is 53.4 Å². The Morgan fingerprint density at radius 2 is 1.97 bits per heavy atom. The summed E-state index contributed by atoms with van der Waals surface area (Å²) >= 11 is 2.96. The smallest absolute Gasteiger partial charge is 0.255 e. The Labute approximate surface area is 208 Å². The standard InChI is InChI=1S/C27H27N3O2S2/c1-16-6-4-7-19(12-16)26(32)29-20-8-5-9-21(14-20)33-18(3)25(31)30-27-23(15-28)22-11-10-17(2)13-24(22)34-27/h4-9,12,14,17-18H,10-11,13H2,1-3H3,(H,29,32)(H,30,31). The van der Waals surface area contributed by atoms with Crippen molar-refractivity contribution in [2.24, 2.45) is 5.92 Å². The van der Waals surface area contributed by atoms with Gasteiger partial charge in [0.1, 0.15) is 11.1 Å². The highest BCUT2D eigenvalue weighted by atomic mass is 32.2. The molecule has 2 aromatic carbocycles. The fourth-order valence-corrected chi connectivity index (χ4v) is 6.36. The molecule has 174 valence electrons. The molecular formula is C27H27N3O2S2. The fraction of sp³-hybridized carbons (Fsp3) is 0.296. The molecule has 5 nitrogen and oxygen atoms in total. The number of anilines is 2. The largest absolute Gasteiger partial charge is 0.322 e. The van der Waals surface area contributed by atoms with Crippen LogP contribution in [-0.4, -0.2) is 17.1 Å². The number of hydrogen-bond donors (Lipinski definition) is 2. The van der Waals surface area contributed by atoms with E-state index in [2.05, 4.69) is 23.6 Å². The molecule has 1 aliphatic carbocycles. The third-order valence-electron chi connectivity index (χ3n) is 5.91. The minimum Gasteiger partial charge on any atom is -0.322 e. The molecule has 0 bridgehead atoms. The summed E-state index contributed by atoms with van der Waals surface area (Å²) in [5, 5.41) is 15.9. The molecule has 1 aliphatic rings. The Morgan fingerprint density at radius 3 is 2.74 bits per heavy atom. The number of hydrogen-bond acceptors (Lipinski definition) is 5. The quantitative estimate of drug-likeness (QED) is 0.391. The maximum atomic E-state index is 12.9. The van der Waals surface area contributed by atoms with Crippen LogP contribution < -0.4 is 10.6 Å². The zero-order valence-electron chi connectivity index (χ0n) is 19.5. The molecular weight excluding hydrogens is 462 g/mol. The van der Waals surface area contributed by atoms with Crippen LogP contribution in [0.3, 0.4) is 0 Å². The summed E-state index contributed by atoms with van der Waals surface area (Å²) in [5.41, 5.74) is 4.04. The number of fused-ring (bicyclic) bond motifs is 1. The molecule has 4 rings (SSSR count). The molecule has 0 fully saturated rings. The summed E-state index contributed by atoms with van der Waals surface area (Å²) in [7, 11) is 0. The van der Waals surface area contributed by atoms with E-state index in [0.717, 1.165) is 35.3 Å². The first kappa shape index (κ1) is 24.1. The third kappa shape index (κ3) is 5.52. The number of carbonyl (C=O) groups is 2. The van der Waals surface area contributed by atoms with Gasteiger partial charge in [-0.2, -0.15) is 5.26 Å². The van der Waals surface area contributed by atoms with Gasteiger partial charge in [-0.15, -0.1) is 23.1 Å². The van der Waals surface area contributed by atoms with Crippen LogP contribution >= 0.6 is 23.1 Å². The molecule has 2 atom stereocenters. The monoisotopic (exact) mass is 489 g/mol. The number of nitrogens with zero attached hydrogens (tertiary/aromatic N) is 1. The van der Waals surface area contributed by atoms with Crippen LogP contribution in [0.4, 0.5) is 10.7 Å². The molecule has 1 aromatic heterocycles. The van der Waals surface area contributed by atoms with Gasteiger partial charge in [0.25, 0.3) is 5.91 Å². The molecule has 7 heteroatoms. The summed E-state index contributed by atoms with van der Waals surface area (Å²) in [6.45, 7) is 6.02. The van der Waals surface area contributed by atoms with Crippen LogP contribution in [0.5, 0.6) is 0 Å². The van der Waals surface area contributed by atoms with E-state index in [1.165, 1.54) is 28.0 Å².